The van der Waals surface area contributed by atoms with Gasteiger partial charge in [-0.05, 0) is 44.0 Å². The van der Waals surface area contributed by atoms with Crippen LogP contribution in [-0.4, -0.2) is 42.7 Å². The molecule has 4 heteroatoms. The first-order valence-corrected chi connectivity index (χ1v) is 8.47. The Morgan fingerprint density at radius 3 is 2.80 bits per heavy atom. The Labute approximate surface area is 125 Å². The zero-order chi connectivity index (χ0) is 13.9. The highest BCUT2D eigenvalue weighted by atomic mass is 32.2. The average molecular weight is 290 g/mol. The number of carbonyl (C=O) groups is 1. The lowest BCUT2D eigenvalue weighted by Gasteiger charge is -2.33. The lowest BCUT2D eigenvalue weighted by atomic mass is 9.99. The number of nitrogens with zero attached hydrogens (tertiary/aromatic N) is 2. The SMILES string of the molecule is CC1CCN(CC(=O)N2CCSc3ccccc32)CC1. The number of para-hydroxylation sites is 1. The van der Waals surface area contributed by atoms with E-state index < -0.39 is 0 Å². The maximum atomic E-state index is 12.6. The van der Waals surface area contributed by atoms with Crippen LogP contribution in [0, 0.1) is 5.92 Å². The number of rotatable bonds is 2. The number of fused-ring (bicyclic) bond motifs is 1. The zero-order valence-corrected chi connectivity index (χ0v) is 12.9. The highest BCUT2D eigenvalue weighted by Gasteiger charge is 2.25. The molecular weight excluding hydrogens is 268 g/mol. The van der Waals surface area contributed by atoms with Crippen molar-refractivity contribution >= 4 is 23.4 Å². The molecule has 1 fully saturated rings. The van der Waals surface area contributed by atoms with Gasteiger partial charge in [-0.25, -0.2) is 0 Å². The fourth-order valence-electron chi connectivity index (χ4n) is 2.93. The van der Waals surface area contributed by atoms with Crippen molar-refractivity contribution in [2.75, 3.05) is 36.8 Å². The van der Waals surface area contributed by atoms with E-state index in [2.05, 4.69) is 24.0 Å². The van der Waals surface area contributed by atoms with Crippen LogP contribution in [0.25, 0.3) is 0 Å². The molecule has 2 aliphatic rings. The molecule has 2 heterocycles. The molecule has 1 aromatic rings. The van der Waals surface area contributed by atoms with Gasteiger partial charge in [-0.15, -0.1) is 11.8 Å². The molecule has 1 amide bonds. The predicted molar refractivity (Wildman–Crippen MR) is 84.4 cm³/mol. The van der Waals surface area contributed by atoms with Gasteiger partial charge in [0, 0.05) is 17.2 Å². The summed E-state index contributed by atoms with van der Waals surface area (Å²) in [5, 5.41) is 0. The molecule has 0 saturated carbocycles. The summed E-state index contributed by atoms with van der Waals surface area (Å²) in [5.74, 6) is 2.07. The van der Waals surface area contributed by atoms with Gasteiger partial charge in [-0.2, -0.15) is 0 Å². The van der Waals surface area contributed by atoms with Gasteiger partial charge in [0.2, 0.25) is 5.91 Å². The number of amides is 1. The van der Waals surface area contributed by atoms with Crippen LogP contribution in [0.15, 0.2) is 29.2 Å². The fraction of sp³-hybridized carbons (Fsp3) is 0.562. The molecular formula is C16H22N2OS. The summed E-state index contributed by atoms with van der Waals surface area (Å²) >= 11 is 1.85. The number of piperidine rings is 1. The van der Waals surface area contributed by atoms with Crippen LogP contribution >= 0.6 is 11.8 Å². The van der Waals surface area contributed by atoms with Crippen LogP contribution < -0.4 is 4.90 Å². The van der Waals surface area contributed by atoms with Crippen molar-refractivity contribution < 1.29 is 4.79 Å². The van der Waals surface area contributed by atoms with E-state index in [9.17, 15) is 4.79 Å². The van der Waals surface area contributed by atoms with Gasteiger partial charge in [-0.1, -0.05) is 19.1 Å². The van der Waals surface area contributed by atoms with E-state index in [0.29, 0.717) is 6.54 Å². The maximum Gasteiger partial charge on any atom is 0.241 e. The first kappa shape index (κ1) is 14.0. The van der Waals surface area contributed by atoms with E-state index in [0.717, 1.165) is 37.0 Å². The van der Waals surface area contributed by atoms with E-state index in [1.165, 1.54) is 17.7 Å². The Bertz CT molecular complexity index is 483. The topological polar surface area (TPSA) is 23.6 Å². The zero-order valence-electron chi connectivity index (χ0n) is 12.0. The summed E-state index contributed by atoms with van der Waals surface area (Å²) in [6, 6.07) is 8.25. The molecule has 0 aromatic heterocycles. The summed E-state index contributed by atoms with van der Waals surface area (Å²) in [7, 11) is 0. The molecule has 108 valence electrons. The molecule has 0 N–H and O–H groups in total. The van der Waals surface area contributed by atoms with Gasteiger partial charge in [0.05, 0.1) is 12.2 Å². The van der Waals surface area contributed by atoms with Crippen molar-refractivity contribution in [2.45, 2.75) is 24.7 Å². The second-order valence-electron chi connectivity index (χ2n) is 5.82. The molecule has 0 bridgehead atoms. The lowest BCUT2D eigenvalue weighted by molar-refractivity contribution is -0.120. The van der Waals surface area contributed by atoms with Crippen LogP contribution in [0.3, 0.4) is 0 Å². The molecule has 0 aliphatic carbocycles. The minimum atomic E-state index is 0.257. The van der Waals surface area contributed by atoms with Gasteiger partial charge in [0.1, 0.15) is 0 Å². The molecule has 0 atom stereocenters. The van der Waals surface area contributed by atoms with Crippen molar-refractivity contribution in [3.63, 3.8) is 0 Å². The van der Waals surface area contributed by atoms with Gasteiger partial charge in [0.25, 0.3) is 0 Å². The Morgan fingerprint density at radius 2 is 2.00 bits per heavy atom. The second-order valence-corrected chi connectivity index (χ2v) is 6.96. The molecule has 3 rings (SSSR count). The third kappa shape index (κ3) is 3.01. The van der Waals surface area contributed by atoms with Crippen LogP contribution in [0.4, 0.5) is 5.69 Å². The fourth-order valence-corrected chi connectivity index (χ4v) is 3.92. The molecule has 0 unspecified atom stereocenters. The molecule has 1 aromatic carbocycles. The standard InChI is InChI=1S/C16H22N2OS/c1-13-6-8-17(9-7-13)12-16(19)18-10-11-20-15-5-3-2-4-14(15)18/h2-5,13H,6-12H2,1H3. The van der Waals surface area contributed by atoms with Crippen molar-refractivity contribution in [3.8, 4) is 0 Å². The van der Waals surface area contributed by atoms with Crippen LogP contribution in [0.1, 0.15) is 19.8 Å². The molecule has 0 spiro atoms. The Morgan fingerprint density at radius 1 is 1.25 bits per heavy atom. The lowest BCUT2D eigenvalue weighted by Crippen LogP contribution is -2.45. The highest BCUT2D eigenvalue weighted by Crippen LogP contribution is 2.34. The molecule has 1 saturated heterocycles. The van der Waals surface area contributed by atoms with Crippen LogP contribution in [0.2, 0.25) is 0 Å². The van der Waals surface area contributed by atoms with E-state index in [-0.39, 0.29) is 5.91 Å². The second kappa shape index (κ2) is 6.19. The summed E-state index contributed by atoms with van der Waals surface area (Å²) < 4.78 is 0. The number of hydrogen-bond donors (Lipinski definition) is 0. The Hall–Kier alpha value is -1.00. The van der Waals surface area contributed by atoms with Crippen molar-refractivity contribution in [2.24, 2.45) is 5.92 Å². The first-order chi connectivity index (χ1) is 9.74. The van der Waals surface area contributed by atoms with E-state index in [1.807, 2.05) is 28.8 Å². The minimum Gasteiger partial charge on any atom is -0.309 e. The average Bonchev–Trinajstić information content (AvgIpc) is 2.49. The maximum absolute atomic E-state index is 12.6. The molecule has 20 heavy (non-hydrogen) atoms. The van der Waals surface area contributed by atoms with Crippen molar-refractivity contribution in [1.29, 1.82) is 0 Å². The number of hydrogen-bond acceptors (Lipinski definition) is 3. The van der Waals surface area contributed by atoms with Crippen LogP contribution in [0.5, 0.6) is 0 Å². The Kier molecular flexibility index (Phi) is 4.32. The van der Waals surface area contributed by atoms with Gasteiger partial charge >= 0.3 is 0 Å². The number of benzene rings is 1. The number of carbonyl (C=O) groups excluding carboxylic acids is 1. The summed E-state index contributed by atoms with van der Waals surface area (Å²) in [4.78, 5) is 18.1. The largest absolute Gasteiger partial charge is 0.309 e. The van der Waals surface area contributed by atoms with E-state index in [1.54, 1.807) is 0 Å². The van der Waals surface area contributed by atoms with Crippen molar-refractivity contribution in [3.05, 3.63) is 24.3 Å². The first-order valence-electron chi connectivity index (χ1n) is 7.48. The van der Waals surface area contributed by atoms with Crippen LogP contribution in [-0.2, 0) is 4.79 Å². The molecule has 2 aliphatic heterocycles. The van der Waals surface area contributed by atoms with Crippen molar-refractivity contribution in [1.82, 2.24) is 4.90 Å². The smallest absolute Gasteiger partial charge is 0.241 e. The summed E-state index contributed by atoms with van der Waals surface area (Å²) in [6.45, 7) is 5.85. The third-order valence-corrected chi connectivity index (χ3v) is 5.31. The number of anilines is 1. The summed E-state index contributed by atoms with van der Waals surface area (Å²) in [5.41, 5.74) is 1.10. The number of thioether (sulfide) groups is 1. The van der Waals surface area contributed by atoms with E-state index in [4.69, 9.17) is 0 Å². The minimum absolute atomic E-state index is 0.257. The van der Waals surface area contributed by atoms with E-state index >= 15 is 0 Å². The quantitative estimate of drug-likeness (QED) is 0.837. The van der Waals surface area contributed by atoms with Gasteiger partial charge in [0.15, 0.2) is 0 Å². The predicted octanol–water partition coefficient (Wildman–Crippen LogP) is 2.86. The normalized spacial score (nSPS) is 20.8. The Balaban J connectivity index is 1.66. The van der Waals surface area contributed by atoms with Gasteiger partial charge < -0.3 is 4.90 Å². The molecule has 0 radical (unpaired) electrons. The van der Waals surface area contributed by atoms with Gasteiger partial charge in [-0.3, -0.25) is 9.69 Å². The third-order valence-electron chi connectivity index (χ3n) is 4.26. The monoisotopic (exact) mass is 290 g/mol. The number of likely N-dealkylation sites (tertiary alicyclic amines) is 1. The molecule has 3 nitrogen and oxygen atoms in total. The summed E-state index contributed by atoms with van der Waals surface area (Å²) in [6.07, 6.45) is 2.44. The highest BCUT2D eigenvalue weighted by molar-refractivity contribution is 7.99.